The minimum Gasteiger partial charge on any atom is -0.508 e. The highest BCUT2D eigenvalue weighted by atomic mass is 16.5. The number of carbonyl (C=O) groups is 5. The summed E-state index contributed by atoms with van der Waals surface area (Å²) in [6.07, 6.45) is -0.601. The number of carbonyl (C=O) groups excluding carboxylic acids is 4. The molecule has 300 valence electrons. The monoisotopic (exact) mass is 780 g/mol. The summed E-state index contributed by atoms with van der Waals surface area (Å²) in [6.45, 7) is 2.73. The molecular weight excluding hydrogens is 736 g/mol. The molecule has 1 aromatic heterocycles. The minimum absolute atomic E-state index is 0.0228. The number of aromatic nitrogens is 2. The molecule has 4 rings (SSSR count). The van der Waals surface area contributed by atoms with Gasteiger partial charge >= 0.3 is 17.7 Å². The Morgan fingerprint density at radius 3 is 2.18 bits per heavy atom. The van der Waals surface area contributed by atoms with Crippen LogP contribution in [0, 0.1) is 0 Å². The fourth-order valence-electron chi connectivity index (χ4n) is 5.77. The number of hydrogen-bond donors (Lipinski definition) is 10. The molecule has 11 N–H and O–H groups in total. The lowest BCUT2D eigenvalue weighted by Crippen LogP contribution is -2.61. The summed E-state index contributed by atoms with van der Waals surface area (Å²) in [4.78, 5) is 92.2. The average molecular weight is 781 g/mol. The van der Waals surface area contributed by atoms with Crippen LogP contribution in [-0.2, 0) is 36.8 Å². The van der Waals surface area contributed by atoms with Crippen LogP contribution in [0.1, 0.15) is 37.6 Å². The Labute approximate surface area is 319 Å². The zero-order valence-corrected chi connectivity index (χ0v) is 30.5. The molecule has 0 aliphatic carbocycles. The number of phenols is 2. The van der Waals surface area contributed by atoms with E-state index in [0.29, 0.717) is 11.1 Å². The van der Waals surface area contributed by atoms with E-state index in [2.05, 4.69) is 26.3 Å². The van der Waals surface area contributed by atoms with Gasteiger partial charge < -0.3 is 57.1 Å². The van der Waals surface area contributed by atoms with Crippen LogP contribution in [0.2, 0.25) is 0 Å². The highest BCUT2D eigenvalue weighted by molar-refractivity contribution is 5.93. The molecule has 20 heteroatoms. The van der Waals surface area contributed by atoms with E-state index in [0.717, 1.165) is 27.9 Å². The van der Waals surface area contributed by atoms with Gasteiger partial charge in [-0.05, 0) is 55.7 Å². The van der Waals surface area contributed by atoms with E-state index in [1.165, 1.54) is 51.2 Å². The molecule has 5 amide bonds. The van der Waals surface area contributed by atoms with Gasteiger partial charge in [0.05, 0.1) is 12.1 Å². The van der Waals surface area contributed by atoms with E-state index in [9.17, 15) is 54.0 Å². The smallest absolute Gasteiger partial charge is 0.331 e. The maximum Gasteiger partial charge on any atom is 0.331 e. The Bertz CT molecular complexity index is 2080. The molecule has 1 aliphatic rings. The van der Waals surface area contributed by atoms with Crippen LogP contribution >= 0.6 is 0 Å². The number of aliphatic hydroxyl groups is 1. The number of urea groups is 1. The number of ether oxygens (including phenoxy) is 1. The fraction of sp³-hybridized carbons (Fsp3) is 0.361. The molecule has 0 bridgehead atoms. The van der Waals surface area contributed by atoms with Crippen molar-refractivity contribution in [3.8, 4) is 11.5 Å². The lowest BCUT2D eigenvalue weighted by atomic mass is 10.0. The zero-order chi connectivity index (χ0) is 41.3. The average Bonchev–Trinajstić information content (AvgIpc) is 3.50. The maximum atomic E-state index is 13.7. The lowest BCUT2D eigenvalue weighted by molar-refractivity contribution is -0.139. The molecule has 56 heavy (non-hydrogen) atoms. The van der Waals surface area contributed by atoms with Crippen LogP contribution in [0.5, 0.6) is 11.5 Å². The van der Waals surface area contributed by atoms with Gasteiger partial charge in [-0.25, -0.2) is 14.4 Å². The van der Waals surface area contributed by atoms with E-state index >= 15 is 0 Å². The van der Waals surface area contributed by atoms with Gasteiger partial charge in [0.2, 0.25) is 23.9 Å². The van der Waals surface area contributed by atoms with Crippen molar-refractivity contribution >= 4 is 29.7 Å². The number of benzene rings is 2. The normalized spacial score (nSPS) is 18.3. The Hall–Kier alpha value is -6.67. The second-order valence-corrected chi connectivity index (χ2v) is 13.2. The molecule has 1 aliphatic heterocycles. The Morgan fingerprint density at radius 2 is 1.59 bits per heavy atom. The standard InChI is InChI=1S/C36H44N8O12/c1-18(39-35(54)40-26(34(52)53)15-21-7-5-9-23(46)13-21)30(49)42-29(19(2)43(3)32(51)25(37)14-20-6-4-8-22(45)12-20)31(50)38-17-24-16-27(47)33(56-24)44-11-10-28(48)41-36(44)55/h4-13,17-19,25-27,29,33,45-47H,14-16,37H2,1-3H3,(H,38,50)(H,42,49)(H,52,53)(H2,39,40,54)(H,41,48,55)/b24-17-/t18-,19-,25-,26-,27+,29-,33+/m0/s1. The summed E-state index contributed by atoms with van der Waals surface area (Å²) in [5, 5.41) is 49.3. The number of nitrogens with zero attached hydrogens (tertiary/aromatic N) is 2. The third kappa shape index (κ3) is 11.2. The van der Waals surface area contributed by atoms with Gasteiger partial charge in [-0.2, -0.15) is 0 Å². The first kappa shape index (κ1) is 42.1. The van der Waals surface area contributed by atoms with Crippen molar-refractivity contribution in [1.29, 1.82) is 0 Å². The Morgan fingerprint density at radius 1 is 0.964 bits per heavy atom. The first-order valence-corrected chi connectivity index (χ1v) is 17.3. The summed E-state index contributed by atoms with van der Waals surface area (Å²) >= 11 is 0. The molecule has 1 saturated heterocycles. The molecule has 0 saturated carbocycles. The van der Waals surface area contributed by atoms with Crippen molar-refractivity contribution in [1.82, 2.24) is 35.7 Å². The quantitative estimate of drug-likeness (QED) is 0.0839. The van der Waals surface area contributed by atoms with Crippen LogP contribution in [-0.4, -0.2) is 108 Å². The van der Waals surface area contributed by atoms with Crippen molar-refractivity contribution < 1.29 is 49.1 Å². The van der Waals surface area contributed by atoms with Crippen molar-refractivity contribution in [2.45, 2.75) is 75.7 Å². The Balaban J connectivity index is 1.49. The summed E-state index contributed by atoms with van der Waals surface area (Å²) in [5.41, 5.74) is 5.68. The minimum atomic E-state index is -1.52. The van der Waals surface area contributed by atoms with Crippen LogP contribution in [0.3, 0.4) is 0 Å². The molecule has 0 spiro atoms. The molecular formula is C36H44N8O12. The van der Waals surface area contributed by atoms with E-state index in [1.54, 1.807) is 18.2 Å². The van der Waals surface area contributed by atoms with Gasteiger partial charge in [0.1, 0.15) is 41.5 Å². The van der Waals surface area contributed by atoms with Crippen molar-refractivity contribution in [3.05, 3.63) is 105 Å². The second kappa shape index (κ2) is 18.6. The molecule has 20 nitrogen and oxygen atoms in total. The van der Waals surface area contributed by atoms with Crippen molar-refractivity contribution in [2.75, 3.05) is 7.05 Å². The molecule has 2 aromatic carbocycles. The van der Waals surface area contributed by atoms with Crippen molar-refractivity contribution in [2.24, 2.45) is 5.73 Å². The molecule has 1 fully saturated rings. The predicted molar refractivity (Wildman–Crippen MR) is 197 cm³/mol. The summed E-state index contributed by atoms with van der Waals surface area (Å²) < 4.78 is 6.60. The SMILES string of the molecule is C[C@H](NC(=O)N[C@@H](Cc1cccc(O)c1)C(=O)O)C(=O)N[C@H](C(=O)N/C=C1/C[C@@H](O)[C@H](n2ccc(=O)[nH]c2=O)O1)[C@H](C)N(C)C(=O)[C@@H](N)Cc1cccc(O)c1. The lowest BCUT2D eigenvalue weighted by Gasteiger charge is -2.33. The number of carboxylic acid groups (broad SMARTS) is 1. The largest absolute Gasteiger partial charge is 0.508 e. The maximum absolute atomic E-state index is 13.7. The van der Waals surface area contributed by atoms with Crippen LogP contribution in [0.4, 0.5) is 4.79 Å². The zero-order valence-electron chi connectivity index (χ0n) is 30.5. The first-order valence-electron chi connectivity index (χ1n) is 17.3. The molecule has 0 unspecified atom stereocenters. The van der Waals surface area contributed by atoms with Gasteiger partial charge in [-0.15, -0.1) is 0 Å². The van der Waals surface area contributed by atoms with Gasteiger partial charge in [0, 0.05) is 38.4 Å². The first-order chi connectivity index (χ1) is 26.4. The number of H-pyrrole nitrogens is 1. The van der Waals surface area contributed by atoms with Gasteiger partial charge in [-0.3, -0.25) is 28.7 Å². The third-order valence-electron chi connectivity index (χ3n) is 8.91. The number of hydrogen-bond acceptors (Lipinski definition) is 12. The molecule has 3 aromatic rings. The van der Waals surface area contributed by atoms with E-state index in [1.807, 2.05) is 0 Å². The predicted octanol–water partition coefficient (Wildman–Crippen LogP) is -1.53. The number of aliphatic carboxylic acids is 1. The van der Waals surface area contributed by atoms with Crippen LogP contribution in [0.15, 0.2) is 82.3 Å². The highest BCUT2D eigenvalue weighted by Gasteiger charge is 2.36. The number of aliphatic hydroxyl groups excluding tert-OH is 1. The topological polar surface area (TPSA) is 308 Å². The van der Waals surface area contributed by atoms with Crippen molar-refractivity contribution in [3.63, 3.8) is 0 Å². The third-order valence-corrected chi connectivity index (χ3v) is 8.91. The number of phenolic OH excluding ortho intramolecular Hbond substituents is 2. The molecule has 0 radical (unpaired) electrons. The fourth-order valence-corrected chi connectivity index (χ4v) is 5.77. The second-order valence-electron chi connectivity index (χ2n) is 13.2. The van der Waals surface area contributed by atoms with Gasteiger partial charge in [0.15, 0.2) is 0 Å². The summed E-state index contributed by atoms with van der Waals surface area (Å²) in [6, 6.07) is 5.42. The number of amides is 5. The van der Waals surface area contributed by atoms with Crippen LogP contribution in [0.25, 0.3) is 0 Å². The highest BCUT2D eigenvalue weighted by Crippen LogP contribution is 2.29. The van der Waals surface area contributed by atoms with E-state index in [4.69, 9.17) is 10.5 Å². The number of aromatic amines is 1. The Kier molecular flexibility index (Phi) is 14.0. The molecule has 7 atom stereocenters. The van der Waals surface area contributed by atoms with Gasteiger partial charge in [0.25, 0.3) is 5.56 Å². The van der Waals surface area contributed by atoms with Gasteiger partial charge in [-0.1, -0.05) is 24.3 Å². The number of likely N-dealkylation sites (N-methyl/N-ethyl adjacent to an activating group) is 1. The summed E-state index contributed by atoms with van der Waals surface area (Å²) in [7, 11) is 1.36. The number of rotatable bonds is 15. The number of aromatic hydroxyl groups is 2. The van der Waals surface area contributed by atoms with Crippen LogP contribution < -0.4 is 38.2 Å². The van der Waals surface area contributed by atoms with E-state index in [-0.39, 0.29) is 36.5 Å². The molecule has 2 heterocycles. The number of nitrogens with two attached hydrogens (primary N) is 1. The number of carboxylic acids is 1. The number of nitrogens with one attached hydrogen (secondary N) is 5. The summed E-state index contributed by atoms with van der Waals surface area (Å²) in [5.74, 6) is -3.90. The van der Waals surface area contributed by atoms with E-state index < -0.39 is 83.5 Å².